The number of hydrogen-bond acceptors (Lipinski definition) is 2. The predicted octanol–water partition coefficient (Wildman–Crippen LogP) is 5.50. The lowest BCUT2D eigenvalue weighted by atomic mass is 10.1. The van der Waals surface area contributed by atoms with Gasteiger partial charge in [0, 0.05) is 12.1 Å². The first-order valence-electron chi connectivity index (χ1n) is 7.94. The summed E-state index contributed by atoms with van der Waals surface area (Å²) in [5.41, 5.74) is 3.01. The Hall–Kier alpha value is -0.640. The molecule has 0 fully saturated rings. The minimum Gasteiger partial charge on any atom is -0.362 e. The zero-order chi connectivity index (χ0) is 17.5. The number of anilines is 1. The molecule has 2 N–H and O–H groups in total. The Morgan fingerprint density at radius 3 is 2.43 bits per heavy atom. The smallest absolute Gasteiger partial charge is 0.228 e. The van der Waals surface area contributed by atoms with E-state index in [9.17, 15) is 4.79 Å². The van der Waals surface area contributed by atoms with Gasteiger partial charge in [0.1, 0.15) is 6.17 Å². The summed E-state index contributed by atoms with van der Waals surface area (Å²) in [6, 6.07) is 5.92. The molecule has 23 heavy (non-hydrogen) atoms. The first-order chi connectivity index (χ1) is 10.7. The van der Waals surface area contributed by atoms with Crippen molar-refractivity contribution in [3.05, 3.63) is 29.3 Å². The van der Waals surface area contributed by atoms with Crippen molar-refractivity contribution in [2.75, 3.05) is 5.32 Å². The van der Waals surface area contributed by atoms with Crippen molar-refractivity contribution in [2.24, 2.45) is 0 Å². The van der Waals surface area contributed by atoms with Crippen LogP contribution in [0.15, 0.2) is 18.2 Å². The number of benzene rings is 1. The summed E-state index contributed by atoms with van der Waals surface area (Å²) in [5, 5.41) is 5.90. The number of rotatable bonds is 8. The first kappa shape index (κ1) is 20.4. The molecule has 3 nitrogen and oxygen atoms in total. The van der Waals surface area contributed by atoms with E-state index in [1.54, 1.807) is 0 Å². The molecule has 1 amide bonds. The Morgan fingerprint density at radius 2 is 1.87 bits per heavy atom. The number of carbonyl (C=O) groups is 1. The average Bonchev–Trinajstić information content (AvgIpc) is 2.44. The maximum Gasteiger partial charge on any atom is 0.228 e. The van der Waals surface area contributed by atoms with E-state index in [1.807, 2.05) is 32.0 Å². The molecule has 0 radical (unpaired) electrons. The predicted molar refractivity (Wildman–Crippen MR) is 101 cm³/mol. The molecule has 0 aliphatic carbocycles. The molecule has 0 aliphatic heterocycles. The lowest BCUT2D eigenvalue weighted by Crippen LogP contribution is -2.49. The molecular formula is C17H25Cl3N2O. The Morgan fingerprint density at radius 1 is 1.17 bits per heavy atom. The van der Waals surface area contributed by atoms with Crippen molar-refractivity contribution in [1.29, 1.82) is 0 Å². The van der Waals surface area contributed by atoms with Crippen molar-refractivity contribution in [2.45, 2.75) is 62.8 Å². The van der Waals surface area contributed by atoms with Crippen LogP contribution in [0.4, 0.5) is 5.69 Å². The third-order valence-corrected chi connectivity index (χ3v) is 4.23. The topological polar surface area (TPSA) is 41.1 Å². The quantitative estimate of drug-likeness (QED) is 0.356. The molecule has 1 rings (SSSR count). The molecule has 0 spiro atoms. The van der Waals surface area contributed by atoms with Gasteiger partial charge in [-0.15, -0.1) is 0 Å². The van der Waals surface area contributed by atoms with Gasteiger partial charge in [0.15, 0.2) is 0 Å². The van der Waals surface area contributed by atoms with E-state index in [-0.39, 0.29) is 5.91 Å². The van der Waals surface area contributed by atoms with Crippen LogP contribution in [-0.4, -0.2) is 15.9 Å². The lowest BCUT2D eigenvalue weighted by molar-refractivity contribution is -0.121. The van der Waals surface area contributed by atoms with E-state index >= 15 is 0 Å². The van der Waals surface area contributed by atoms with Gasteiger partial charge in [-0.2, -0.15) is 0 Å². The van der Waals surface area contributed by atoms with Crippen LogP contribution in [0.2, 0.25) is 0 Å². The molecule has 6 heteroatoms. The van der Waals surface area contributed by atoms with E-state index in [1.165, 1.54) is 0 Å². The molecule has 1 aromatic rings. The zero-order valence-corrected chi connectivity index (χ0v) is 16.2. The Labute approximate surface area is 154 Å². The van der Waals surface area contributed by atoms with E-state index in [0.29, 0.717) is 6.42 Å². The van der Waals surface area contributed by atoms with Gasteiger partial charge in [-0.25, -0.2) is 0 Å². The van der Waals surface area contributed by atoms with Gasteiger partial charge in [0.25, 0.3) is 0 Å². The highest BCUT2D eigenvalue weighted by molar-refractivity contribution is 6.68. The molecule has 1 atom stereocenters. The third-order valence-electron chi connectivity index (χ3n) is 3.57. The number of nitrogens with one attached hydrogen (secondary N) is 2. The number of hydrogen-bond donors (Lipinski definition) is 2. The van der Waals surface area contributed by atoms with Crippen molar-refractivity contribution >= 4 is 46.4 Å². The molecule has 0 saturated heterocycles. The zero-order valence-electron chi connectivity index (χ0n) is 13.9. The van der Waals surface area contributed by atoms with Gasteiger partial charge in [-0.3, -0.25) is 4.79 Å². The Balaban J connectivity index is 2.68. The SMILES string of the molecule is CCCCCCC(=O)NC(Nc1ccc(C)cc1C)C(Cl)(Cl)Cl. The van der Waals surface area contributed by atoms with Gasteiger partial charge in [0.05, 0.1) is 0 Å². The second-order valence-electron chi connectivity index (χ2n) is 5.82. The average molecular weight is 380 g/mol. The van der Waals surface area contributed by atoms with E-state index in [2.05, 4.69) is 17.6 Å². The molecule has 0 saturated carbocycles. The lowest BCUT2D eigenvalue weighted by Gasteiger charge is -2.28. The fourth-order valence-electron chi connectivity index (χ4n) is 2.28. The van der Waals surface area contributed by atoms with Crippen molar-refractivity contribution in [1.82, 2.24) is 5.32 Å². The van der Waals surface area contributed by atoms with Gasteiger partial charge in [-0.1, -0.05) is 78.7 Å². The number of unbranched alkanes of at least 4 members (excludes halogenated alkanes) is 3. The molecule has 130 valence electrons. The second kappa shape index (κ2) is 9.61. The van der Waals surface area contributed by atoms with Crippen molar-refractivity contribution in [3.8, 4) is 0 Å². The summed E-state index contributed by atoms with van der Waals surface area (Å²) in [6.07, 6.45) is 3.79. The van der Waals surface area contributed by atoms with E-state index in [4.69, 9.17) is 34.8 Å². The molecule has 0 aliphatic rings. The normalized spacial score (nSPS) is 12.8. The van der Waals surface area contributed by atoms with Gasteiger partial charge < -0.3 is 10.6 Å². The number of carbonyl (C=O) groups excluding carboxylic acids is 1. The number of amides is 1. The third kappa shape index (κ3) is 7.65. The van der Waals surface area contributed by atoms with Crippen LogP contribution < -0.4 is 10.6 Å². The summed E-state index contributed by atoms with van der Waals surface area (Å²) < 4.78 is -1.64. The van der Waals surface area contributed by atoms with Crippen LogP contribution in [0.3, 0.4) is 0 Å². The number of aryl methyl sites for hydroxylation is 2. The summed E-state index contributed by atoms with van der Waals surface area (Å²) in [4.78, 5) is 12.1. The maximum absolute atomic E-state index is 12.1. The van der Waals surface area contributed by atoms with Crippen LogP contribution in [0.1, 0.15) is 50.2 Å². The van der Waals surface area contributed by atoms with Crippen molar-refractivity contribution < 1.29 is 4.79 Å². The highest BCUT2D eigenvalue weighted by Gasteiger charge is 2.34. The summed E-state index contributed by atoms with van der Waals surface area (Å²) in [7, 11) is 0. The molecule has 1 unspecified atom stereocenters. The number of alkyl halides is 3. The highest BCUT2D eigenvalue weighted by atomic mass is 35.6. The minimum absolute atomic E-state index is 0.116. The van der Waals surface area contributed by atoms with Crippen LogP contribution in [0.25, 0.3) is 0 Å². The molecule has 1 aromatic carbocycles. The fraction of sp³-hybridized carbons (Fsp3) is 0.588. The van der Waals surface area contributed by atoms with E-state index < -0.39 is 9.96 Å². The fourth-order valence-corrected chi connectivity index (χ4v) is 2.60. The standard InChI is InChI=1S/C17H25Cl3N2O/c1-4-5-6-7-8-15(23)22-16(17(18,19)20)21-14-10-9-12(2)11-13(14)3/h9-11,16,21H,4-8H2,1-3H3,(H,22,23). The monoisotopic (exact) mass is 378 g/mol. The first-order valence-corrected chi connectivity index (χ1v) is 9.07. The van der Waals surface area contributed by atoms with E-state index in [0.717, 1.165) is 42.5 Å². The molecular weight excluding hydrogens is 355 g/mol. The summed E-state index contributed by atoms with van der Waals surface area (Å²) >= 11 is 18.0. The van der Waals surface area contributed by atoms with Crippen LogP contribution in [-0.2, 0) is 4.79 Å². The van der Waals surface area contributed by atoms with Gasteiger partial charge >= 0.3 is 0 Å². The number of halogens is 3. The molecule has 0 heterocycles. The van der Waals surface area contributed by atoms with Gasteiger partial charge in [-0.05, 0) is 31.9 Å². The molecule has 0 aromatic heterocycles. The largest absolute Gasteiger partial charge is 0.362 e. The van der Waals surface area contributed by atoms with Crippen LogP contribution in [0.5, 0.6) is 0 Å². The molecule has 0 bridgehead atoms. The Kier molecular flexibility index (Phi) is 8.52. The van der Waals surface area contributed by atoms with Gasteiger partial charge in [0.2, 0.25) is 9.70 Å². The summed E-state index contributed by atoms with van der Waals surface area (Å²) in [5.74, 6) is -0.116. The minimum atomic E-state index is -1.64. The van der Waals surface area contributed by atoms with Crippen LogP contribution in [0, 0.1) is 13.8 Å². The van der Waals surface area contributed by atoms with Crippen LogP contribution >= 0.6 is 34.8 Å². The maximum atomic E-state index is 12.1. The Bertz CT molecular complexity index is 515. The van der Waals surface area contributed by atoms with Crippen molar-refractivity contribution in [3.63, 3.8) is 0 Å². The highest BCUT2D eigenvalue weighted by Crippen LogP contribution is 2.32. The summed E-state index contributed by atoms with van der Waals surface area (Å²) in [6.45, 7) is 6.12. The second-order valence-corrected chi connectivity index (χ2v) is 8.18.